The summed E-state index contributed by atoms with van der Waals surface area (Å²) in [5, 5.41) is 14.3. The zero-order chi connectivity index (χ0) is 37.1. The molecule has 0 bridgehead atoms. The van der Waals surface area contributed by atoms with Gasteiger partial charge in [-0.25, -0.2) is 32.7 Å². The number of fused-ring (bicyclic) bond motifs is 1. The first-order valence-corrected chi connectivity index (χ1v) is 16.4. The molecule has 2 aliphatic heterocycles. The van der Waals surface area contributed by atoms with Gasteiger partial charge >= 0.3 is 17.9 Å². The number of hydrogen-bond donors (Lipinski definition) is 1. The van der Waals surface area contributed by atoms with E-state index in [1.807, 2.05) is 0 Å². The Kier molecular flexibility index (Phi) is 8.97. The van der Waals surface area contributed by atoms with E-state index in [2.05, 4.69) is 35.3 Å². The Morgan fingerprint density at radius 2 is 1.57 bits per heavy atom. The molecule has 6 rings (SSSR count). The van der Waals surface area contributed by atoms with Gasteiger partial charge < -0.3 is 19.9 Å². The maximum Gasteiger partial charge on any atom is 0.410 e. The molecular weight excluding hydrogens is 692 g/mol. The van der Waals surface area contributed by atoms with Gasteiger partial charge in [0.15, 0.2) is 5.69 Å². The number of imidazole rings is 1. The SMILES string of the molecule is Cc1nonc1C(=O)N[C@H](c1cn2ncc(C3(C(=O)N4CC(F)(F)C(F)(F)C4)CCN(C(=O)OC(C)(C)C)CC3)nc2n1)C1CCC(F)(F)CC1. The van der Waals surface area contributed by atoms with Crippen molar-refractivity contribution in [3.63, 3.8) is 0 Å². The molecule has 2 saturated heterocycles. The monoisotopic (exact) mass is 729 g/mol. The van der Waals surface area contributed by atoms with E-state index in [1.54, 1.807) is 20.8 Å². The van der Waals surface area contributed by atoms with Crippen LogP contribution in [0, 0.1) is 12.8 Å². The Bertz CT molecular complexity index is 1790. The first-order chi connectivity index (χ1) is 23.7. The number of nitrogens with zero attached hydrogens (tertiary/aromatic N) is 8. The van der Waals surface area contributed by atoms with Crippen molar-refractivity contribution in [3.8, 4) is 0 Å². The number of amides is 3. The number of carbonyl (C=O) groups is 3. The van der Waals surface area contributed by atoms with E-state index in [9.17, 15) is 40.7 Å². The maximum absolute atomic E-state index is 14.3. The number of aryl methyl sites for hydroxylation is 1. The molecule has 3 amide bonds. The molecule has 3 aliphatic rings. The van der Waals surface area contributed by atoms with Crippen LogP contribution >= 0.6 is 0 Å². The average Bonchev–Trinajstić information content (AvgIpc) is 3.73. The number of rotatable bonds is 6. The predicted molar refractivity (Wildman–Crippen MR) is 162 cm³/mol. The zero-order valence-corrected chi connectivity index (χ0v) is 28.3. The fraction of sp³-hybridized carbons (Fsp3) is 0.677. The highest BCUT2D eigenvalue weighted by Crippen LogP contribution is 2.45. The molecule has 1 N–H and O–H groups in total. The smallest absolute Gasteiger partial charge is 0.410 e. The molecule has 0 radical (unpaired) electrons. The zero-order valence-electron chi connectivity index (χ0n) is 28.3. The predicted octanol–water partition coefficient (Wildman–Crippen LogP) is 4.49. The fourth-order valence-corrected chi connectivity index (χ4v) is 6.84. The summed E-state index contributed by atoms with van der Waals surface area (Å²) in [6.45, 7) is 3.31. The molecule has 3 fully saturated rings. The van der Waals surface area contributed by atoms with Crippen molar-refractivity contribution < 1.29 is 50.1 Å². The van der Waals surface area contributed by atoms with E-state index in [0.717, 1.165) is 0 Å². The minimum absolute atomic E-state index is 0.0465. The van der Waals surface area contributed by atoms with Crippen LogP contribution in [0.25, 0.3) is 5.78 Å². The van der Waals surface area contributed by atoms with Crippen molar-refractivity contribution in [2.75, 3.05) is 26.2 Å². The molecule has 1 aliphatic carbocycles. The number of halogens is 6. The summed E-state index contributed by atoms with van der Waals surface area (Å²) in [5.74, 6) is -14.1. The molecule has 20 heteroatoms. The van der Waals surface area contributed by atoms with Crippen LogP contribution in [-0.4, -0.2) is 107 Å². The summed E-state index contributed by atoms with van der Waals surface area (Å²) < 4.78 is 96.7. The lowest BCUT2D eigenvalue weighted by Crippen LogP contribution is -2.54. The van der Waals surface area contributed by atoms with Gasteiger partial charge in [0.05, 0.1) is 48.3 Å². The third-order valence-electron chi connectivity index (χ3n) is 9.69. The fourth-order valence-electron chi connectivity index (χ4n) is 6.84. The second-order valence-electron chi connectivity index (χ2n) is 14.5. The Labute approximate surface area is 287 Å². The summed E-state index contributed by atoms with van der Waals surface area (Å²) >= 11 is 0. The molecule has 0 spiro atoms. The highest BCUT2D eigenvalue weighted by Gasteiger charge is 2.65. The number of aromatic nitrogens is 6. The lowest BCUT2D eigenvalue weighted by molar-refractivity contribution is -0.172. The quantitative estimate of drug-likeness (QED) is 0.358. The van der Waals surface area contributed by atoms with E-state index in [4.69, 9.17) is 4.74 Å². The lowest BCUT2D eigenvalue weighted by Gasteiger charge is -2.41. The Balaban J connectivity index is 1.34. The van der Waals surface area contributed by atoms with E-state index in [0.29, 0.717) is 4.90 Å². The molecule has 14 nitrogen and oxygen atoms in total. The summed E-state index contributed by atoms with van der Waals surface area (Å²) in [6.07, 6.45) is 0.852. The number of hydrogen-bond acceptors (Lipinski definition) is 10. The maximum atomic E-state index is 14.3. The molecule has 3 aromatic heterocycles. The third kappa shape index (κ3) is 7.04. The van der Waals surface area contributed by atoms with Gasteiger partial charge in [0.1, 0.15) is 11.3 Å². The lowest BCUT2D eigenvalue weighted by atomic mass is 9.74. The molecule has 278 valence electrons. The third-order valence-corrected chi connectivity index (χ3v) is 9.69. The summed E-state index contributed by atoms with van der Waals surface area (Å²) in [7, 11) is 0. The minimum atomic E-state index is -4.46. The standard InChI is InChI=1S/C31H37F6N9O5/c1-17-21(43-51-42-17)23(47)41-22(18-5-7-29(32,33)8-6-18)19-14-46-25(39-19)40-20(13-38-46)28(24(48)45-15-30(34,35)31(36,37)16-45)9-11-44(12-10-28)26(49)50-27(2,3)4/h13-14,18,22H,5-12,15-16H2,1-4H3,(H,41,47)/t22-/m0/s1. The summed E-state index contributed by atoms with van der Waals surface area (Å²) in [6, 6.07) is -0.918. The average molecular weight is 730 g/mol. The van der Waals surface area contributed by atoms with Gasteiger partial charge in [0.2, 0.25) is 11.8 Å². The van der Waals surface area contributed by atoms with Crippen LogP contribution in [0.2, 0.25) is 0 Å². The van der Waals surface area contributed by atoms with Crippen molar-refractivity contribution in [1.29, 1.82) is 0 Å². The molecule has 1 saturated carbocycles. The molecule has 3 aromatic rings. The topological polar surface area (TPSA) is 161 Å². The highest BCUT2D eigenvalue weighted by molar-refractivity contribution is 5.93. The van der Waals surface area contributed by atoms with Gasteiger partial charge in [0.25, 0.3) is 11.7 Å². The summed E-state index contributed by atoms with van der Waals surface area (Å²) in [5.41, 5.74) is -2.35. The second kappa shape index (κ2) is 12.6. The van der Waals surface area contributed by atoms with Gasteiger partial charge in [0, 0.05) is 25.9 Å². The van der Waals surface area contributed by atoms with Gasteiger partial charge in [-0.05, 0) is 64.5 Å². The van der Waals surface area contributed by atoms with Crippen LogP contribution in [0.3, 0.4) is 0 Å². The normalized spacial score (nSPS) is 22.2. The van der Waals surface area contributed by atoms with Crippen molar-refractivity contribution in [1.82, 2.24) is 45.0 Å². The number of carbonyl (C=O) groups excluding carboxylic acids is 3. The van der Waals surface area contributed by atoms with Crippen LogP contribution < -0.4 is 5.32 Å². The Morgan fingerprint density at radius 1 is 0.941 bits per heavy atom. The summed E-state index contributed by atoms with van der Waals surface area (Å²) in [4.78, 5) is 50.9. The molecular formula is C31H37F6N9O5. The second-order valence-corrected chi connectivity index (χ2v) is 14.5. The van der Waals surface area contributed by atoms with Crippen LogP contribution in [0.15, 0.2) is 17.0 Å². The molecule has 5 heterocycles. The number of nitrogens with one attached hydrogen (secondary N) is 1. The Hall–Kier alpha value is -4.52. The van der Waals surface area contributed by atoms with E-state index in [-0.39, 0.29) is 67.3 Å². The van der Waals surface area contributed by atoms with Crippen molar-refractivity contribution in [2.24, 2.45) is 5.92 Å². The van der Waals surface area contributed by atoms with Crippen molar-refractivity contribution in [2.45, 2.75) is 101 Å². The van der Waals surface area contributed by atoms with Gasteiger partial charge in [-0.3, -0.25) is 9.59 Å². The number of likely N-dealkylation sites (tertiary alicyclic amines) is 2. The first kappa shape index (κ1) is 36.3. The number of piperidine rings is 1. The van der Waals surface area contributed by atoms with Gasteiger partial charge in [-0.2, -0.15) is 22.7 Å². The van der Waals surface area contributed by atoms with Crippen molar-refractivity contribution in [3.05, 3.63) is 35.2 Å². The first-order valence-electron chi connectivity index (χ1n) is 16.4. The van der Waals surface area contributed by atoms with E-state index >= 15 is 0 Å². The van der Waals surface area contributed by atoms with E-state index < -0.39 is 84.6 Å². The van der Waals surface area contributed by atoms with Crippen LogP contribution in [0.4, 0.5) is 31.1 Å². The highest BCUT2D eigenvalue weighted by atomic mass is 19.3. The van der Waals surface area contributed by atoms with Gasteiger partial charge in [-0.15, -0.1) is 0 Å². The molecule has 0 unspecified atom stereocenters. The molecule has 1 atom stereocenters. The van der Waals surface area contributed by atoms with Crippen molar-refractivity contribution >= 4 is 23.7 Å². The largest absolute Gasteiger partial charge is 0.444 e. The number of alkyl halides is 6. The van der Waals surface area contributed by atoms with Crippen LogP contribution in [0.1, 0.15) is 92.9 Å². The van der Waals surface area contributed by atoms with E-state index in [1.165, 1.54) is 28.7 Å². The van der Waals surface area contributed by atoms with Crippen LogP contribution in [0.5, 0.6) is 0 Å². The minimum Gasteiger partial charge on any atom is -0.444 e. The number of ether oxygens (including phenoxy) is 1. The molecule has 51 heavy (non-hydrogen) atoms. The van der Waals surface area contributed by atoms with Crippen LogP contribution in [-0.2, 0) is 14.9 Å². The molecule has 0 aromatic carbocycles. The van der Waals surface area contributed by atoms with Gasteiger partial charge in [-0.1, -0.05) is 5.16 Å². The Morgan fingerprint density at radius 3 is 2.14 bits per heavy atom.